The molecule has 0 aliphatic heterocycles. The van der Waals surface area contributed by atoms with Crippen LogP contribution in [0.3, 0.4) is 0 Å². The summed E-state index contributed by atoms with van der Waals surface area (Å²) in [5.74, 6) is -0.320. The van der Waals surface area contributed by atoms with Crippen LogP contribution in [-0.2, 0) is 16.1 Å². The van der Waals surface area contributed by atoms with Crippen LogP contribution >= 0.6 is 23.6 Å². The van der Waals surface area contributed by atoms with Crippen molar-refractivity contribution < 1.29 is 19.7 Å². The van der Waals surface area contributed by atoms with Gasteiger partial charge in [0.15, 0.2) is 3.95 Å². The summed E-state index contributed by atoms with van der Waals surface area (Å²) in [6.07, 6.45) is 7.64. The van der Waals surface area contributed by atoms with Crippen molar-refractivity contribution in [1.82, 2.24) is 4.57 Å². The zero-order valence-electron chi connectivity index (χ0n) is 15.4. The van der Waals surface area contributed by atoms with Crippen molar-refractivity contribution >= 4 is 35.6 Å². The third-order valence-electron chi connectivity index (χ3n) is 4.23. The number of aromatic nitrogens is 1. The number of carboxylic acids is 1. The molecule has 1 aromatic rings. The predicted octanol–water partition coefficient (Wildman–Crippen LogP) is 5.09. The van der Waals surface area contributed by atoms with Crippen LogP contribution in [-0.4, -0.2) is 33.5 Å². The quantitative estimate of drug-likeness (QED) is 0.517. The summed E-state index contributed by atoms with van der Waals surface area (Å²) in [6.45, 7) is 6.75. The molecular weight excluding hydrogens is 358 g/mol. The lowest BCUT2D eigenvalue weighted by atomic mass is 9.96. The number of nitrogens with zero attached hydrogens (tertiary/aromatic N) is 1. The molecule has 2 N–H and O–H groups in total. The molecule has 0 aliphatic carbocycles. The van der Waals surface area contributed by atoms with E-state index in [4.69, 9.17) is 22.1 Å². The van der Waals surface area contributed by atoms with Crippen LogP contribution < -0.4 is 0 Å². The largest absolute Gasteiger partial charge is 0.493 e. The first-order valence-corrected chi connectivity index (χ1v) is 9.76. The normalized spacial score (nSPS) is 13.4. The van der Waals surface area contributed by atoms with Crippen LogP contribution in [0.5, 0.6) is 5.88 Å². The van der Waals surface area contributed by atoms with Gasteiger partial charge < -0.3 is 14.9 Å². The average molecular weight is 388 g/mol. The number of thiazole rings is 1. The lowest BCUT2D eigenvalue weighted by Crippen LogP contribution is -2.22. The minimum absolute atomic E-state index is 0.0666. The molecule has 0 fully saturated rings. The summed E-state index contributed by atoms with van der Waals surface area (Å²) in [5.41, 5.74) is -0.0891. The molecule has 25 heavy (non-hydrogen) atoms. The molecule has 0 amide bonds. The van der Waals surface area contributed by atoms with E-state index in [0.717, 1.165) is 24.1 Å². The van der Waals surface area contributed by atoms with E-state index in [-0.39, 0.29) is 17.9 Å². The van der Waals surface area contributed by atoms with Gasteiger partial charge in [0.05, 0.1) is 10.5 Å². The van der Waals surface area contributed by atoms with Gasteiger partial charge in [-0.3, -0.25) is 9.36 Å². The number of aromatic hydroxyl groups is 1. The zero-order valence-corrected chi connectivity index (χ0v) is 17.1. The number of carboxylic acid groups (broad SMARTS) is 1. The van der Waals surface area contributed by atoms with Gasteiger partial charge in [0.2, 0.25) is 5.88 Å². The molecule has 1 unspecified atom stereocenters. The van der Waals surface area contributed by atoms with Crippen molar-refractivity contribution in [2.75, 3.05) is 7.11 Å². The Morgan fingerprint density at radius 3 is 2.72 bits per heavy atom. The summed E-state index contributed by atoms with van der Waals surface area (Å²) in [4.78, 5) is 11.3. The van der Waals surface area contributed by atoms with Crippen LogP contribution in [0.1, 0.15) is 57.8 Å². The van der Waals surface area contributed by atoms with Crippen molar-refractivity contribution in [3.05, 3.63) is 14.9 Å². The maximum atomic E-state index is 10.6. The van der Waals surface area contributed by atoms with E-state index in [1.54, 1.807) is 11.7 Å². The maximum absolute atomic E-state index is 10.6. The fraction of sp³-hybridized carbons (Fsp3) is 0.667. The van der Waals surface area contributed by atoms with Gasteiger partial charge in [-0.05, 0) is 57.3 Å². The summed E-state index contributed by atoms with van der Waals surface area (Å²) in [6, 6.07) is 0. The lowest BCUT2D eigenvalue weighted by molar-refractivity contribution is -0.137. The molecule has 0 saturated heterocycles. The number of methoxy groups -OCH3 is 1. The van der Waals surface area contributed by atoms with E-state index in [0.29, 0.717) is 22.8 Å². The Bertz CT molecular complexity index is 646. The molecule has 1 atom stereocenters. The topological polar surface area (TPSA) is 71.7 Å². The van der Waals surface area contributed by atoms with Gasteiger partial charge in [-0.25, -0.2) is 0 Å². The van der Waals surface area contributed by atoms with Gasteiger partial charge in [0, 0.05) is 20.1 Å². The highest BCUT2D eigenvalue weighted by Crippen LogP contribution is 2.29. The Labute approximate surface area is 159 Å². The molecule has 0 aliphatic rings. The maximum Gasteiger partial charge on any atom is 0.303 e. The molecule has 0 bridgehead atoms. The SMILES string of the molecule is COC(C)(C)CCCC(C)C=Cc1sc(=S)n(CCCC(=O)O)c1O. The van der Waals surface area contributed by atoms with Crippen LogP contribution in [0.15, 0.2) is 6.08 Å². The molecule has 0 spiro atoms. The van der Waals surface area contributed by atoms with Gasteiger partial charge in [-0.2, -0.15) is 0 Å². The first kappa shape index (κ1) is 21.9. The highest BCUT2D eigenvalue weighted by molar-refractivity contribution is 7.73. The van der Waals surface area contributed by atoms with Gasteiger partial charge in [0.25, 0.3) is 0 Å². The first-order chi connectivity index (χ1) is 11.7. The lowest BCUT2D eigenvalue weighted by Gasteiger charge is -2.23. The highest BCUT2D eigenvalue weighted by Gasteiger charge is 2.16. The fourth-order valence-electron chi connectivity index (χ4n) is 2.41. The summed E-state index contributed by atoms with van der Waals surface area (Å²) in [7, 11) is 1.74. The van der Waals surface area contributed by atoms with Crippen molar-refractivity contribution in [2.24, 2.45) is 5.92 Å². The Balaban J connectivity index is 2.59. The van der Waals surface area contributed by atoms with Crippen LogP contribution in [0.2, 0.25) is 0 Å². The van der Waals surface area contributed by atoms with Gasteiger partial charge in [-0.15, -0.1) is 11.3 Å². The van der Waals surface area contributed by atoms with Crippen LogP contribution in [0.25, 0.3) is 6.08 Å². The van der Waals surface area contributed by atoms with E-state index < -0.39 is 5.97 Å². The second-order valence-electron chi connectivity index (χ2n) is 6.90. The van der Waals surface area contributed by atoms with E-state index in [1.807, 2.05) is 6.08 Å². The highest BCUT2D eigenvalue weighted by atomic mass is 32.1. The van der Waals surface area contributed by atoms with Gasteiger partial charge >= 0.3 is 5.97 Å². The molecule has 142 valence electrons. The number of hydrogen-bond acceptors (Lipinski definition) is 5. The average Bonchev–Trinajstić information content (AvgIpc) is 2.80. The van der Waals surface area contributed by atoms with Crippen LogP contribution in [0.4, 0.5) is 0 Å². The van der Waals surface area contributed by atoms with Crippen molar-refractivity contribution in [3.8, 4) is 5.88 Å². The summed E-state index contributed by atoms with van der Waals surface area (Å²) < 4.78 is 7.60. The molecular formula is C18H29NO4S2. The van der Waals surface area contributed by atoms with Crippen molar-refractivity contribution in [3.63, 3.8) is 0 Å². The number of aliphatic carboxylic acids is 1. The summed E-state index contributed by atoms with van der Waals surface area (Å²) >= 11 is 6.62. The Morgan fingerprint density at radius 2 is 2.12 bits per heavy atom. The van der Waals surface area contributed by atoms with E-state index >= 15 is 0 Å². The van der Waals surface area contributed by atoms with Crippen molar-refractivity contribution in [2.45, 2.75) is 65.0 Å². The Hall–Kier alpha value is -1.18. The second kappa shape index (κ2) is 10.1. The Morgan fingerprint density at radius 1 is 1.44 bits per heavy atom. The molecule has 1 aromatic heterocycles. The zero-order chi connectivity index (χ0) is 19.0. The number of carbonyl (C=O) groups is 1. The molecule has 5 nitrogen and oxygen atoms in total. The standard InChI is InChI=1S/C18H29NO4S2/c1-13(7-5-11-18(2,3)23-4)9-10-14-16(22)19(17(24)25-14)12-6-8-15(20)21/h9-10,13,22H,5-8,11-12H2,1-4H3,(H,20,21). The second-order valence-corrected chi connectivity index (χ2v) is 8.57. The molecule has 1 heterocycles. The van der Waals surface area contributed by atoms with Crippen molar-refractivity contribution in [1.29, 1.82) is 0 Å². The minimum Gasteiger partial charge on any atom is -0.493 e. The van der Waals surface area contributed by atoms with Crippen LogP contribution in [0, 0.1) is 9.87 Å². The smallest absolute Gasteiger partial charge is 0.303 e. The van der Waals surface area contributed by atoms with E-state index in [2.05, 4.69) is 26.8 Å². The Kier molecular flexibility index (Phi) is 8.82. The third-order valence-corrected chi connectivity index (χ3v) is 5.64. The number of ether oxygens (including phenoxy) is 1. The third kappa shape index (κ3) is 7.71. The monoisotopic (exact) mass is 387 g/mol. The fourth-order valence-corrected chi connectivity index (χ4v) is 3.68. The van der Waals surface area contributed by atoms with Gasteiger partial charge in [-0.1, -0.05) is 19.4 Å². The number of rotatable bonds is 11. The molecule has 7 heteroatoms. The van der Waals surface area contributed by atoms with E-state index in [1.165, 1.54) is 11.3 Å². The molecule has 0 aromatic carbocycles. The van der Waals surface area contributed by atoms with E-state index in [9.17, 15) is 9.90 Å². The summed E-state index contributed by atoms with van der Waals surface area (Å²) in [5, 5.41) is 19.0. The van der Waals surface area contributed by atoms with Gasteiger partial charge in [0.1, 0.15) is 0 Å². The molecule has 1 rings (SSSR count). The first-order valence-electron chi connectivity index (χ1n) is 8.54. The predicted molar refractivity (Wildman–Crippen MR) is 105 cm³/mol. The number of allylic oxidation sites excluding steroid dienone is 1. The molecule has 0 radical (unpaired) electrons. The minimum atomic E-state index is -0.841. The number of hydrogen-bond donors (Lipinski definition) is 2. The molecule has 0 saturated carbocycles.